The van der Waals surface area contributed by atoms with Crippen molar-refractivity contribution in [1.29, 1.82) is 0 Å². The molecule has 0 heterocycles. The van der Waals surface area contributed by atoms with Gasteiger partial charge in [-0.1, -0.05) is 79.9 Å². The molecule has 2 aromatic carbocycles. The SMILES string of the molecule is C(=C(c1ccccc1)c1ccccc1)=C1C2CCCCCC12. The Hall–Kier alpha value is -2.04. The number of hydrogen-bond donors (Lipinski definition) is 0. The maximum atomic E-state index is 3.83. The van der Waals surface area contributed by atoms with Crippen molar-refractivity contribution in [2.24, 2.45) is 11.8 Å². The van der Waals surface area contributed by atoms with Gasteiger partial charge in [-0.25, -0.2) is 0 Å². The van der Waals surface area contributed by atoms with E-state index >= 15 is 0 Å². The number of benzene rings is 2. The maximum Gasteiger partial charge on any atom is 0.0309 e. The second-order valence-electron chi connectivity index (χ2n) is 6.54. The molecule has 0 heteroatoms. The van der Waals surface area contributed by atoms with Crippen LogP contribution in [0.25, 0.3) is 5.57 Å². The summed E-state index contributed by atoms with van der Waals surface area (Å²) in [6, 6.07) is 21.5. The molecular weight excluding hydrogens is 264 g/mol. The summed E-state index contributed by atoms with van der Waals surface area (Å²) in [6.07, 6.45) is 6.98. The van der Waals surface area contributed by atoms with Crippen LogP contribution in [0.1, 0.15) is 43.2 Å². The molecule has 2 aliphatic carbocycles. The fraction of sp³-hybridized carbons (Fsp3) is 0.318. The Kier molecular flexibility index (Phi) is 3.70. The van der Waals surface area contributed by atoms with Crippen LogP contribution in [0.15, 0.2) is 72.0 Å². The van der Waals surface area contributed by atoms with Gasteiger partial charge < -0.3 is 0 Å². The number of fused-ring (bicyclic) bond motifs is 1. The highest BCUT2D eigenvalue weighted by Crippen LogP contribution is 2.53. The Morgan fingerprint density at radius 1 is 0.682 bits per heavy atom. The number of allylic oxidation sites excluding steroid dienone is 1. The second-order valence-corrected chi connectivity index (χ2v) is 6.54. The van der Waals surface area contributed by atoms with E-state index < -0.39 is 0 Å². The van der Waals surface area contributed by atoms with Gasteiger partial charge in [0.1, 0.15) is 0 Å². The lowest BCUT2D eigenvalue weighted by Gasteiger charge is -2.05. The van der Waals surface area contributed by atoms with Crippen LogP contribution in [-0.2, 0) is 0 Å². The van der Waals surface area contributed by atoms with Crippen molar-refractivity contribution in [2.75, 3.05) is 0 Å². The Balaban J connectivity index is 1.80. The predicted molar refractivity (Wildman–Crippen MR) is 92.5 cm³/mol. The van der Waals surface area contributed by atoms with Crippen LogP contribution in [0.2, 0.25) is 0 Å². The molecule has 0 N–H and O–H groups in total. The molecule has 2 saturated carbocycles. The Bertz CT molecular complexity index is 647. The van der Waals surface area contributed by atoms with Crippen LogP contribution in [0.4, 0.5) is 0 Å². The highest BCUT2D eigenvalue weighted by Gasteiger charge is 2.43. The lowest BCUT2D eigenvalue weighted by molar-refractivity contribution is 0.663. The Morgan fingerprint density at radius 2 is 1.18 bits per heavy atom. The summed E-state index contributed by atoms with van der Waals surface area (Å²) in [5, 5.41) is 0. The van der Waals surface area contributed by atoms with Crippen LogP contribution in [0, 0.1) is 11.8 Å². The molecule has 0 nitrogen and oxygen atoms in total. The Morgan fingerprint density at radius 3 is 1.68 bits per heavy atom. The van der Waals surface area contributed by atoms with Crippen LogP contribution in [-0.4, -0.2) is 0 Å². The molecule has 0 amide bonds. The molecule has 0 aliphatic heterocycles. The van der Waals surface area contributed by atoms with E-state index in [2.05, 4.69) is 66.4 Å². The van der Waals surface area contributed by atoms with E-state index in [0.717, 1.165) is 11.8 Å². The first-order chi connectivity index (χ1) is 10.9. The summed E-state index contributed by atoms with van der Waals surface area (Å²) in [5.41, 5.74) is 9.24. The van der Waals surface area contributed by atoms with E-state index in [1.807, 2.05) is 0 Å². The van der Waals surface area contributed by atoms with Gasteiger partial charge in [0.2, 0.25) is 0 Å². The van der Waals surface area contributed by atoms with E-state index in [-0.39, 0.29) is 0 Å². The van der Waals surface area contributed by atoms with Crippen molar-refractivity contribution in [1.82, 2.24) is 0 Å². The minimum Gasteiger partial charge on any atom is -0.112 e. The molecular formula is C22H22. The minimum atomic E-state index is 0.824. The van der Waals surface area contributed by atoms with Gasteiger partial charge in [0.15, 0.2) is 0 Å². The van der Waals surface area contributed by atoms with Gasteiger partial charge in [0.25, 0.3) is 0 Å². The van der Waals surface area contributed by atoms with Crippen molar-refractivity contribution in [3.05, 3.63) is 83.1 Å². The smallest absolute Gasteiger partial charge is 0.0309 e. The van der Waals surface area contributed by atoms with Gasteiger partial charge in [0, 0.05) is 5.57 Å². The molecule has 0 aromatic heterocycles. The first-order valence-electron chi connectivity index (χ1n) is 8.55. The number of hydrogen-bond acceptors (Lipinski definition) is 0. The van der Waals surface area contributed by atoms with Gasteiger partial charge >= 0.3 is 0 Å². The first-order valence-corrected chi connectivity index (χ1v) is 8.55. The molecule has 0 radical (unpaired) electrons. The average Bonchev–Trinajstić information content (AvgIpc) is 3.29. The van der Waals surface area contributed by atoms with Crippen molar-refractivity contribution in [3.8, 4) is 0 Å². The summed E-state index contributed by atoms with van der Waals surface area (Å²) in [4.78, 5) is 0. The quantitative estimate of drug-likeness (QED) is 0.607. The van der Waals surface area contributed by atoms with Gasteiger partial charge in [-0.05, 0) is 41.4 Å². The monoisotopic (exact) mass is 286 g/mol. The second kappa shape index (κ2) is 5.99. The standard InChI is InChI=1S/C22H22/c1-4-10-17(11-5-1)21(18-12-6-2-7-13-18)16-22-19-14-8-3-9-15-20(19)22/h1-2,4-7,10-13,19-20H,3,8-9,14-15H2. The van der Waals surface area contributed by atoms with Gasteiger partial charge in [0.05, 0.1) is 0 Å². The average molecular weight is 286 g/mol. The zero-order chi connectivity index (χ0) is 14.8. The predicted octanol–water partition coefficient (Wildman–Crippen LogP) is 5.85. The third kappa shape index (κ3) is 2.67. The zero-order valence-corrected chi connectivity index (χ0v) is 13.0. The van der Waals surface area contributed by atoms with E-state index in [9.17, 15) is 0 Å². The van der Waals surface area contributed by atoms with Crippen molar-refractivity contribution in [3.63, 3.8) is 0 Å². The molecule has 22 heavy (non-hydrogen) atoms. The van der Waals surface area contributed by atoms with E-state index in [1.165, 1.54) is 48.8 Å². The largest absolute Gasteiger partial charge is 0.112 e. The minimum absolute atomic E-state index is 0.824. The third-order valence-corrected chi connectivity index (χ3v) is 5.10. The third-order valence-electron chi connectivity index (χ3n) is 5.10. The topological polar surface area (TPSA) is 0 Å². The summed E-state index contributed by atoms with van der Waals surface area (Å²) >= 11 is 0. The summed E-state index contributed by atoms with van der Waals surface area (Å²) in [5.74, 6) is 1.65. The lowest BCUT2D eigenvalue weighted by atomic mass is 9.98. The molecule has 2 fully saturated rings. The molecule has 0 saturated heterocycles. The molecule has 2 aliphatic rings. The van der Waals surface area contributed by atoms with Gasteiger partial charge in [-0.2, -0.15) is 0 Å². The number of rotatable bonds is 2. The van der Waals surface area contributed by atoms with Crippen LogP contribution in [0.3, 0.4) is 0 Å². The maximum absolute atomic E-state index is 3.83. The van der Waals surface area contributed by atoms with Crippen molar-refractivity contribution < 1.29 is 0 Å². The summed E-state index contributed by atoms with van der Waals surface area (Å²) in [6.45, 7) is 0. The molecule has 2 atom stereocenters. The molecule has 2 unspecified atom stereocenters. The molecule has 2 aromatic rings. The fourth-order valence-electron chi connectivity index (χ4n) is 3.85. The van der Waals surface area contributed by atoms with E-state index in [0.29, 0.717) is 0 Å². The van der Waals surface area contributed by atoms with Crippen LogP contribution >= 0.6 is 0 Å². The summed E-state index contributed by atoms with van der Waals surface area (Å²) in [7, 11) is 0. The highest BCUT2D eigenvalue weighted by atomic mass is 14.5. The van der Waals surface area contributed by atoms with Gasteiger partial charge in [-0.15, -0.1) is 5.73 Å². The fourth-order valence-corrected chi connectivity index (χ4v) is 3.85. The Labute approximate surface area is 133 Å². The van der Waals surface area contributed by atoms with Crippen molar-refractivity contribution >= 4 is 5.57 Å². The lowest BCUT2D eigenvalue weighted by Crippen LogP contribution is -1.86. The molecule has 0 bridgehead atoms. The van der Waals surface area contributed by atoms with Crippen molar-refractivity contribution in [2.45, 2.75) is 32.1 Å². The zero-order valence-electron chi connectivity index (χ0n) is 13.0. The molecule has 4 rings (SSSR count). The van der Waals surface area contributed by atoms with Crippen LogP contribution in [0.5, 0.6) is 0 Å². The molecule has 0 spiro atoms. The van der Waals surface area contributed by atoms with Gasteiger partial charge in [-0.3, -0.25) is 0 Å². The normalized spacial score (nSPS) is 23.2. The van der Waals surface area contributed by atoms with E-state index in [1.54, 1.807) is 5.57 Å². The highest BCUT2D eigenvalue weighted by molar-refractivity contribution is 5.80. The van der Waals surface area contributed by atoms with Crippen LogP contribution < -0.4 is 0 Å². The van der Waals surface area contributed by atoms with E-state index in [4.69, 9.17) is 0 Å². The summed E-state index contributed by atoms with van der Waals surface area (Å²) < 4.78 is 0. The molecule has 110 valence electrons. The first kappa shape index (κ1) is 13.6.